The Kier molecular flexibility index (Phi) is 11.3. The number of hydrogen-bond acceptors (Lipinski definition) is 7. The average molecular weight is 624 g/mol. The van der Waals surface area contributed by atoms with Crippen molar-refractivity contribution in [2.75, 3.05) is 0 Å². The van der Waals surface area contributed by atoms with Crippen molar-refractivity contribution in [2.45, 2.75) is 117 Å². The fourth-order valence-electron chi connectivity index (χ4n) is 4.93. The van der Waals surface area contributed by atoms with Crippen molar-refractivity contribution in [3.8, 4) is 5.75 Å². The van der Waals surface area contributed by atoms with Crippen LogP contribution < -0.4 is 10.6 Å². The summed E-state index contributed by atoms with van der Waals surface area (Å²) in [5.74, 6) is -1.90. The predicted molar refractivity (Wildman–Crippen MR) is 171 cm³/mol. The summed E-state index contributed by atoms with van der Waals surface area (Å²) < 4.78 is 11.1. The molecule has 2 aromatic carbocycles. The molecule has 3 atom stereocenters. The molecule has 0 aromatic heterocycles. The molecule has 0 aliphatic heterocycles. The van der Waals surface area contributed by atoms with E-state index < -0.39 is 53.2 Å². The highest BCUT2D eigenvalue weighted by Crippen LogP contribution is 2.37. The molecule has 0 spiro atoms. The number of carbonyl (C=O) groups excluding carboxylic acids is 4. The van der Waals surface area contributed by atoms with Gasteiger partial charge in [0.05, 0.1) is 0 Å². The van der Waals surface area contributed by atoms with Crippen molar-refractivity contribution >= 4 is 23.9 Å². The van der Waals surface area contributed by atoms with E-state index in [4.69, 9.17) is 9.47 Å². The number of phenols is 1. The van der Waals surface area contributed by atoms with E-state index in [2.05, 4.69) is 10.6 Å². The maximum Gasteiger partial charge on any atom is 0.408 e. The first-order valence-corrected chi connectivity index (χ1v) is 15.5. The number of ether oxygens (including phenoxy) is 2. The first-order chi connectivity index (χ1) is 20.9. The van der Waals surface area contributed by atoms with E-state index in [1.807, 2.05) is 44.2 Å². The summed E-state index contributed by atoms with van der Waals surface area (Å²) in [4.78, 5) is 56.5. The number of aromatic hydroxyl groups is 1. The second kappa shape index (κ2) is 14.3. The second-order valence-corrected chi connectivity index (χ2v) is 14.1. The Morgan fingerprint density at radius 1 is 0.911 bits per heavy atom. The zero-order valence-electron chi connectivity index (χ0n) is 28.0. The number of phenolic OH excluding ortho intramolecular Hbond substituents is 1. The molecule has 1 fully saturated rings. The van der Waals surface area contributed by atoms with Gasteiger partial charge in [-0.05, 0) is 96.0 Å². The lowest BCUT2D eigenvalue weighted by Gasteiger charge is -2.36. The van der Waals surface area contributed by atoms with Gasteiger partial charge in [-0.1, -0.05) is 50.2 Å². The molecule has 10 heteroatoms. The number of amides is 3. The first kappa shape index (κ1) is 35.4. The molecule has 246 valence electrons. The van der Waals surface area contributed by atoms with Gasteiger partial charge in [-0.25, -0.2) is 9.59 Å². The summed E-state index contributed by atoms with van der Waals surface area (Å²) in [6.07, 6.45) is 0.779. The summed E-state index contributed by atoms with van der Waals surface area (Å²) >= 11 is 0. The molecular weight excluding hydrogens is 574 g/mol. The van der Waals surface area contributed by atoms with Gasteiger partial charge < -0.3 is 30.1 Å². The summed E-state index contributed by atoms with van der Waals surface area (Å²) in [5, 5.41) is 15.9. The van der Waals surface area contributed by atoms with Gasteiger partial charge in [0.1, 0.15) is 35.1 Å². The number of esters is 1. The van der Waals surface area contributed by atoms with Crippen LogP contribution in [-0.4, -0.2) is 63.2 Å². The van der Waals surface area contributed by atoms with Gasteiger partial charge in [0.25, 0.3) is 0 Å². The van der Waals surface area contributed by atoms with Gasteiger partial charge >= 0.3 is 12.1 Å². The molecule has 3 amide bonds. The summed E-state index contributed by atoms with van der Waals surface area (Å²) in [7, 11) is 0. The maximum absolute atomic E-state index is 14.4. The van der Waals surface area contributed by atoms with Crippen LogP contribution >= 0.6 is 0 Å². The average Bonchev–Trinajstić information content (AvgIpc) is 3.75. The summed E-state index contributed by atoms with van der Waals surface area (Å²) in [6.45, 7) is 15.8. The fraction of sp³-hybridized carbons (Fsp3) is 0.543. The minimum atomic E-state index is -1.16. The van der Waals surface area contributed by atoms with Gasteiger partial charge in [-0.2, -0.15) is 0 Å². The lowest BCUT2D eigenvalue weighted by atomic mass is 9.97. The highest BCUT2D eigenvalue weighted by atomic mass is 16.6. The fourth-order valence-corrected chi connectivity index (χ4v) is 4.93. The van der Waals surface area contributed by atoms with Crippen LogP contribution in [0.2, 0.25) is 0 Å². The van der Waals surface area contributed by atoms with Crippen molar-refractivity contribution in [1.82, 2.24) is 15.5 Å². The molecule has 0 heterocycles. The van der Waals surface area contributed by atoms with E-state index in [1.165, 1.54) is 11.0 Å². The van der Waals surface area contributed by atoms with E-state index >= 15 is 0 Å². The Hall–Kier alpha value is -4.08. The maximum atomic E-state index is 14.4. The largest absolute Gasteiger partial charge is 0.508 e. The van der Waals surface area contributed by atoms with Crippen LogP contribution in [0.25, 0.3) is 0 Å². The van der Waals surface area contributed by atoms with E-state index in [1.54, 1.807) is 60.6 Å². The SMILES string of the molecule is Cc1cc(C(C(=O)NC(Cc2ccccc2)C(=O)OC(C)(C)C)N(C(=O)C(NC(=O)OC(C)(C)C)C(C)C)C2CC2)ccc1O. The zero-order valence-corrected chi connectivity index (χ0v) is 28.0. The molecule has 2 aromatic rings. The highest BCUT2D eigenvalue weighted by molar-refractivity contribution is 5.94. The minimum absolute atomic E-state index is 0.0459. The van der Waals surface area contributed by atoms with Gasteiger partial charge in [-0.3, -0.25) is 9.59 Å². The van der Waals surface area contributed by atoms with E-state index in [0.29, 0.717) is 24.0 Å². The second-order valence-electron chi connectivity index (χ2n) is 14.1. The number of aryl methyl sites for hydroxylation is 1. The number of rotatable bonds is 11. The van der Waals surface area contributed by atoms with Crippen LogP contribution in [0.1, 0.15) is 91.0 Å². The third-order valence-electron chi connectivity index (χ3n) is 7.15. The molecule has 3 unspecified atom stereocenters. The number of alkyl carbamates (subject to hydrolysis) is 1. The molecule has 45 heavy (non-hydrogen) atoms. The molecule has 1 aliphatic carbocycles. The van der Waals surface area contributed by atoms with Crippen LogP contribution in [0, 0.1) is 12.8 Å². The van der Waals surface area contributed by atoms with Crippen molar-refractivity contribution in [3.05, 3.63) is 65.2 Å². The van der Waals surface area contributed by atoms with Gasteiger partial charge in [0.15, 0.2) is 0 Å². The molecule has 0 radical (unpaired) electrons. The number of benzene rings is 2. The lowest BCUT2D eigenvalue weighted by molar-refractivity contribution is -0.159. The molecule has 3 rings (SSSR count). The van der Waals surface area contributed by atoms with E-state index in [9.17, 15) is 24.3 Å². The molecule has 10 nitrogen and oxygen atoms in total. The Labute approximate surface area is 266 Å². The van der Waals surface area contributed by atoms with Crippen LogP contribution in [-0.2, 0) is 30.3 Å². The third-order valence-corrected chi connectivity index (χ3v) is 7.15. The zero-order chi connectivity index (χ0) is 33.7. The van der Waals surface area contributed by atoms with Crippen LogP contribution in [0.3, 0.4) is 0 Å². The smallest absolute Gasteiger partial charge is 0.408 e. The van der Waals surface area contributed by atoms with Crippen molar-refractivity contribution in [1.29, 1.82) is 0 Å². The molecule has 3 N–H and O–H groups in total. The van der Waals surface area contributed by atoms with Crippen molar-refractivity contribution < 1.29 is 33.8 Å². The minimum Gasteiger partial charge on any atom is -0.508 e. The van der Waals surface area contributed by atoms with Crippen molar-refractivity contribution in [2.24, 2.45) is 5.92 Å². The normalized spacial score (nSPS) is 15.4. The number of hydrogen-bond donors (Lipinski definition) is 3. The Balaban J connectivity index is 2.05. The van der Waals surface area contributed by atoms with E-state index in [-0.39, 0.29) is 24.1 Å². The van der Waals surface area contributed by atoms with E-state index in [0.717, 1.165) is 5.56 Å². The lowest BCUT2D eigenvalue weighted by Crippen LogP contribution is -2.56. The van der Waals surface area contributed by atoms with Gasteiger partial charge in [0, 0.05) is 12.5 Å². The summed E-state index contributed by atoms with van der Waals surface area (Å²) in [5.41, 5.74) is 0.242. The van der Waals surface area contributed by atoms with Crippen LogP contribution in [0.4, 0.5) is 4.79 Å². The predicted octanol–water partition coefficient (Wildman–Crippen LogP) is 5.35. The Morgan fingerprint density at radius 3 is 2.02 bits per heavy atom. The van der Waals surface area contributed by atoms with Crippen molar-refractivity contribution in [3.63, 3.8) is 0 Å². The van der Waals surface area contributed by atoms with Crippen LogP contribution in [0.5, 0.6) is 5.75 Å². The molecule has 1 aliphatic rings. The number of nitrogens with one attached hydrogen (secondary N) is 2. The summed E-state index contributed by atoms with van der Waals surface area (Å²) in [6, 6.07) is 10.6. The molecule has 1 saturated carbocycles. The Morgan fingerprint density at radius 2 is 1.51 bits per heavy atom. The topological polar surface area (TPSA) is 134 Å². The quantitative estimate of drug-likeness (QED) is 0.287. The van der Waals surface area contributed by atoms with Crippen LogP contribution in [0.15, 0.2) is 48.5 Å². The first-order valence-electron chi connectivity index (χ1n) is 15.5. The molecular formula is C35H49N3O7. The third kappa shape index (κ3) is 10.5. The van der Waals surface area contributed by atoms with Gasteiger partial charge in [0.2, 0.25) is 11.8 Å². The number of nitrogens with zero attached hydrogens (tertiary/aromatic N) is 1. The highest BCUT2D eigenvalue weighted by Gasteiger charge is 2.45. The Bertz CT molecular complexity index is 1360. The number of carbonyl (C=O) groups is 4. The molecule has 0 saturated heterocycles. The standard InChI is InChI=1S/C35H49N3O7/c1-21(2)28(37-33(43)45-35(7,8)9)31(41)38(25-16-17-25)29(24-15-18-27(39)22(3)19-24)30(40)36-26(32(42)44-34(4,5)6)20-23-13-11-10-12-14-23/h10-15,18-19,21,25-26,28-29,39H,16-17,20H2,1-9H3,(H,36,40)(H,37,43). The molecule has 0 bridgehead atoms. The van der Waals surface area contributed by atoms with Gasteiger partial charge in [-0.15, -0.1) is 0 Å². The monoisotopic (exact) mass is 623 g/mol.